The third kappa shape index (κ3) is 4.09. The minimum absolute atomic E-state index is 0.267. The molecule has 0 aromatic heterocycles. The van der Waals surface area contributed by atoms with E-state index in [1.807, 2.05) is 24.3 Å². The summed E-state index contributed by atoms with van der Waals surface area (Å²) in [6.45, 7) is 5.87. The van der Waals surface area contributed by atoms with Gasteiger partial charge in [-0.15, -0.1) is 0 Å². The predicted octanol–water partition coefficient (Wildman–Crippen LogP) is 1.48. The Hall–Kier alpha value is -1.83. The number of carbonyl (C=O) groups is 1. The highest BCUT2D eigenvalue weighted by Gasteiger charge is 2.13. The number of ether oxygens (including phenoxy) is 1. The minimum Gasteiger partial charge on any atom is -0.379 e. The molecule has 0 atom stereocenters. The Bertz CT molecular complexity index is 496. The number of para-hydroxylation sites is 1. The lowest BCUT2D eigenvalue weighted by molar-refractivity contribution is -0.111. The van der Waals surface area contributed by atoms with E-state index in [4.69, 9.17) is 4.74 Å². The van der Waals surface area contributed by atoms with Gasteiger partial charge in [0, 0.05) is 25.3 Å². The van der Waals surface area contributed by atoms with Gasteiger partial charge in [0.05, 0.1) is 13.2 Å². The van der Waals surface area contributed by atoms with Gasteiger partial charge >= 0.3 is 0 Å². The quantitative estimate of drug-likeness (QED) is 0.835. The number of hydrogen-bond donors (Lipinski definition) is 1. The summed E-state index contributed by atoms with van der Waals surface area (Å²) in [6, 6.07) is 7.84. The van der Waals surface area contributed by atoms with E-state index in [1.165, 1.54) is 0 Å². The van der Waals surface area contributed by atoms with Crippen LogP contribution in [0.15, 0.2) is 24.3 Å². The lowest BCUT2D eigenvalue weighted by atomic mass is 10.1. The topological polar surface area (TPSA) is 41.6 Å². The molecule has 4 nitrogen and oxygen atoms in total. The first-order valence-electron chi connectivity index (χ1n) is 6.41. The van der Waals surface area contributed by atoms with Crippen molar-refractivity contribution >= 4 is 11.6 Å². The molecule has 1 heterocycles. The van der Waals surface area contributed by atoms with E-state index in [2.05, 4.69) is 22.1 Å². The largest absolute Gasteiger partial charge is 0.379 e. The number of benzene rings is 1. The van der Waals surface area contributed by atoms with Crippen LogP contribution in [-0.2, 0) is 16.1 Å². The number of hydrogen-bond acceptors (Lipinski definition) is 3. The average molecular weight is 258 g/mol. The van der Waals surface area contributed by atoms with Gasteiger partial charge in [0.2, 0.25) is 0 Å². The molecule has 19 heavy (non-hydrogen) atoms. The molecule has 1 aliphatic rings. The molecule has 0 radical (unpaired) electrons. The monoisotopic (exact) mass is 258 g/mol. The van der Waals surface area contributed by atoms with Crippen molar-refractivity contribution in [3.63, 3.8) is 0 Å². The fourth-order valence-corrected chi connectivity index (χ4v) is 2.05. The van der Waals surface area contributed by atoms with Crippen molar-refractivity contribution in [2.75, 3.05) is 31.6 Å². The van der Waals surface area contributed by atoms with E-state index in [9.17, 15) is 4.79 Å². The Morgan fingerprint density at radius 3 is 2.84 bits per heavy atom. The van der Waals surface area contributed by atoms with Gasteiger partial charge in [-0.3, -0.25) is 9.69 Å². The van der Waals surface area contributed by atoms with E-state index in [0.29, 0.717) is 0 Å². The molecule has 1 N–H and O–H groups in total. The van der Waals surface area contributed by atoms with Gasteiger partial charge in [0.25, 0.3) is 5.91 Å². The highest BCUT2D eigenvalue weighted by Crippen LogP contribution is 2.17. The molecule has 0 unspecified atom stereocenters. The smallest absolute Gasteiger partial charge is 0.300 e. The van der Waals surface area contributed by atoms with Gasteiger partial charge in [0.15, 0.2) is 0 Å². The van der Waals surface area contributed by atoms with Gasteiger partial charge in [-0.25, -0.2) is 0 Å². The average Bonchev–Trinajstić information content (AvgIpc) is 2.42. The van der Waals surface area contributed by atoms with Crippen LogP contribution in [0.3, 0.4) is 0 Å². The minimum atomic E-state index is -0.267. The highest BCUT2D eigenvalue weighted by molar-refractivity contribution is 6.04. The van der Waals surface area contributed by atoms with E-state index >= 15 is 0 Å². The third-order valence-electron chi connectivity index (χ3n) is 3.00. The summed E-state index contributed by atoms with van der Waals surface area (Å²) < 4.78 is 5.33. The molecule has 1 aromatic carbocycles. The van der Waals surface area contributed by atoms with E-state index in [-0.39, 0.29) is 5.91 Å². The lowest BCUT2D eigenvalue weighted by Crippen LogP contribution is -2.35. The zero-order valence-electron chi connectivity index (χ0n) is 11.1. The number of carbonyl (C=O) groups excluding carboxylic acids is 1. The van der Waals surface area contributed by atoms with Crippen LogP contribution in [0.5, 0.6) is 0 Å². The second-order valence-electron chi connectivity index (χ2n) is 4.37. The standard InChI is InChI=1S/C15H18N2O2/c1-2-5-15(18)16-14-7-4-3-6-13(14)12-17-8-10-19-11-9-17/h3-4,6-7H,8-12H2,1H3,(H,16,18). The maximum Gasteiger partial charge on any atom is 0.300 e. The maximum absolute atomic E-state index is 11.5. The van der Waals surface area contributed by atoms with Gasteiger partial charge < -0.3 is 10.1 Å². The Labute approximate surface area is 113 Å². The van der Waals surface area contributed by atoms with Crippen LogP contribution in [0.1, 0.15) is 12.5 Å². The van der Waals surface area contributed by atoms with Gasteiger partial charge in [-0.05, 0) is 24.5 Å². The van der Waals surface area contributed by atoms with Crippen LogP contribution >= 0.6 is 0 Å². The lowest BCUT2D eigenvalue weighted by Gasteiger charge is -2.27. The Morgan fingerprint density at radius 1 is 1.37 bits per heavy atom. The second kappa shape index (κ2) is 6.93. The summed E-state index contributed by atoms with van der Waals surface area (Å²) in [5.41, 5.74) is 1.94. The molecule has 1 saturated heterocycles. The summed E-state index contributed by atoms with van der Waals surface area (Å²) in [5, 5.41) is 2.83. The van der Waals surface area contributed by atoms with Crippen LogP contribution in [-0.4, -0.2) is 37.1 Å². The normalized spacial score (nSPS) is 15.4. The number of nitrogens with one attached hydrogen (secondary N) is 1. The van der Waals surface area contributed by atoms with Gasteiger partial charge in [-0.1, -0.05) is 24.1 Å². The molecular weight excluding hydrogens is 240 g/mol. The van der Waals surface area contributed by atoms with Crippen LogP contribution in [0.4, 0.5) is 5.69 Å². The van der Waals surface area contributed by atoms with Crippen molar-refractivity contribution in [1.82, 2.24) is 4.90 Å². The van der Waals surface area contributed by atoms with Crippen LogP contribution in [0, 0.1) is 11.8 Å². The van der Waals surface area contributed by atoms with E-state index in [1.54, 1.807) is 6.92 Å². The summed E-state index contributed by atoms with van der Waals surface area (Å²) >= 11 is 0. The second-order valence-corrected chi connectivity index (χ2v) is 4.37. The molecule has 1 aromatic rings. The molecular formula is C15H18N2O2. The summed E-state index contributed by atoms with van der Waals surface area (Å²) in [5.74, 6) is 4.82. The number of anilines is 1. The number of morpholine rings is 1. The molecule has 100 valence electrons. The SMILES string of the molecule is CC#CC(=O)Nc1ccccc1CN1CCOCC1. The van der Waals surface area contributed by atoms with Crippen LogP contribution in [0.2, 0.25) is 0 Å². The third-order valence-corrected chi connectivity index (χ3v) is 3.00. The molecule has 1 aliphatic heterocycles. The Morgan fingerprint density at radius 2 is 2.11 bits per heavy atom. The molecule has 0 spiro atoms. The first-order valence-corrected chi connectivity index (χ1v) is 6.41. The fourth-order valence-electron chi connectivity index (χ4n) is 2.05. The molecule has 0 saturated carbocycles. The van der Waals surface area contributed by atoms with Crippen molar-refractivity contribution < 1.29 is 9.53 Å². The van der Waals surface area contributed by atoms with E-state index in [0.717, 1.165) is 44.1 Å². The first-order chi connectivity index (χ1) is 9.29. The summed E-state index contributed by atoms with van der Waals surface area (Å²) in [4.78, 5) is 13.9. The Kier molecular flexibility index (Phi) is 4.96. The van der Waals surface area contributed by atoms with Gasteiger partial charge in [-0.2, -0.15) is 0 Å². The van der Waals surface area contributed by atoms with E-state index < -0.39 is 0 Å². The zero-order chi connectivity index (χ0) is 13.5. The molecule has 1 amide bonds. The summed E-state index contributed by atoms with van der Waals surface area (Å²) in [6.07, 6.45) is 0. The number of nitrogens with zero attached hydrogens (tertiary/aromatic N) is 1. The summed E-state index contributed by atoms with van der Waals surface area (Å²) in [7, 11) is 0. The van der Waals surface area contributed by atoms with Crippen molar-refractivity contribution in [3.05, 3.63) is 29.8 Å². The highest BCUT2D eigenvalue weighted by atomic mass is 16.5. The molecule has 0 bridgehead atoms. The first kappa shape index (κ1) is 13.6. The van der Waals surface area contributed by atoms with Crippen molar-refractivity contribution in [1.29, 1.82) is 0 Å². The maximum atomic E-state index is 11.5. The van der Waals surface area contributed by atoms with Gasteiger partial charge in [0.1, 0.15) is 0 Å². The number of amides is 1. The van der Waals surface area contributed by atoms with Crippen molar-refractivity contribution in [3.8, 4) is 11.8 Å². The number of rotatable bonds is 3. The van der Waals surface area contributed by atoms with Crippen LogP contribution in [0.25, 0.3) is 0 Å². The zero-order valence-corrected chi connectivity index (χ0v) is 11.1. The fraction of sp³-hybridized carbons (Fsp3) is 0.400. The molecule has 1 fully saturated rings. The predicted molar refractivity (Wildman–Crippen MR) is 74.6 cm³/mol. The molecule has 0 aliphatic carbocycles. The Balaban J connectivity index is 2.06. The molecule has 4 heteroatoms. The van der Waals surface area contributed by atoms with Crippen LogP contribution < -0.4 is 5.32 Å². The molecule has 2 rings (SSSR count). The van der Waals surface area contributed by atoms with Crippen molar-refractivity contribution in [2.45, 2.75) is 13.5 Å². The van der Waals surface area contributed by atoms with Crippen molar-refractivity contribution in [2.24, 2.45) is 0 Å².